The van der Waals surface area contributed by atoms with Gasteiger partial charge in [-0.1, -0.05) is 0 Å². The third-order valence-electron chi connectivity index (χ3n) is 4.52. The summed E-state index contributed by atoms with van der Waals surface area (Å²) in [7, 11) is 3.58. The van der Waals surface area contributed by atoms with E-state index < -0.39 is 11.9 Å². The Kier molecular flexibility index (Phi) is 8.55. The molecule has 3 rings (SSSR count). The lowest BCUT2D eigenvalue weighted by atomic mass is 10.1. The zero-order chi connectivity index (χ0) is 20.1. The van der Waals surface area contributed by atoms with Gasteiger partial charge in [-0.15, -0.1) is 35.3 Å². The average molecular weight is 543 g/mol. The molecular weight excluding hydrogens is 518 g/mol. The number of nitrogens with one attached hydrogen (secondary N) is 2. The van der Waals surface area contributed by atoms with Crippen LogP contribution in [0.2, 0.25) is 0 Å². The number of guanidine groups is 1. The van der Waals surface area contributed by atoms with E-state index in [1.54, 1.807) is 11.7 Å². The molecular formula is C17H25F3IN7S. The van der Waals surface area contributed by atoms with Gasteiger partial charge in [0.15, 0.2) is 11.7 Å². The monoisotopic (exact) mass is 543 g/mol. The van der Waals surface area contributed by atoms with Gasteiger partial charge >= 0.3 is 6.18 Å². The predicted octanol–water partition coefficient (Wildman–Crippen LogP) is 2.89. The molecule has 0 aliphatic carbocycles. The minimum absolute atomic E-state index is 0. The molecule has 7 nitrogen and oxygen atoms in total. The van der Waals surface area contributed by atoms with Crippen LogP contribution in [0.25, 0.3) is 0 Å². The van der Waals surface area contributed by atoms with Crippen LogP contribution in [-0.4, -0.2) is 53.4 Å². The molecule has 2 aromatic heterocycles. The van der Waals surface area contributed by atoms with E-state index in [4.69, 9.17) is 0 Å². The predicted molar refractivity (Wildman–Crippen MR) is 119 cm³/mol. The summed E-state index contributed by atoms with van der Waals surface area (Å²) in [6.07, 6.45) is 1.97. The van der Waals surface area contributed by atoms with Gasteiger partial charge in [0.25, 0.3) is 0 Å². The first-order chi connectivity index (χ1) is 13.3. The molecule has 162 valence electrons. The van der Waals surface area contributed by atoms with E-state index in [1.165, 1.54) is 0 Å². The van der Waals surface area contributed by atoms with Crippen LogP contribution in [-0.2, 0) is 19.6 Å². The Bertz CT molecular complexity index is 805. The zero-order valence-electron chi connectivity index (χ0n) is 16.2. The molecule has 0 spiro atoms. The lowest BCUT2D eigenvalue weighted by Gasteiger charge is -2.34. The Morgan fingerprint density at radius 3 is 2.83 bits per heavy atom. The molecule has 29 heavy (non-hydrogen) atoms. The fourth-order valence-corrected chi connectivity index (χ4v) is 3.94. The van der Waals surface area contributed by atoms with Crippen LogP contribution >= 0.6 is 35.3 Å². The highest BCUT2D eigenvalue weighted by Gasteiger charge is 2.33. The number of aliphatic imine (C=N–C) groups is 1. The number of thiazole rings is 1. The normalized spacial score (nSPS) is 17.8. The lowest BCUT2D eigenvalue weighted by Crippen LogP contribution is -2.51. The standard InChI is InChI=1S/C17H24F3N7S.HI/c1-21-16(22-6-5-15-25-14(11-28-15)17(18,19)20)24-12-4-3-7-27(9-12)13-8-23-26(2)10-13;/h8,10-12H,3-7,9H2,1-2H3,(H2,21,22,24);1H. The minimum Gasteiger partial charge on any atom is -0.367 e. The summed E-state index contributed by atoms with van der Waals surface area (Å²) >= 11 is 1.03. The van der Waals surface area contributed by atoms with Crippen molar-refractivity contribution >= 4 is 47.0 Å². The number of nitrogens with zero attached hydrogens (tertiary/aromatic N) is 5. The second-order valence-corrected chi connectivity index (χ2v) is 7.62. The number of aryl methyl sites for hydroxylation is 1. The summed E-state index contributed by atoms with van der Waals surface area (Å²) in [5.74, 6) is 0.644. The SMILES string of the molecule is CN=C(NCCc1nc(C(F)(F)F)cs1)NC1CCCN(c2cnn(C)c2)C1.I. The minimum atomic E-state index is -4.39. The van der Waals surface area contributed by atoms with Crippen LogP contribution in [0.1, 0.15) is 23.5 Å². The molecule has 1 aliphatic rings. The van der Waals surface area contributed by atoms with Crippen LogP contribution in [0.5, 0.6) is 0 Å². The fourth-order valence-electron chi connectivity index (χ4n) is 3.13. The Labute approximate surface area is 188 Å². The van der Waals surface area contributed by atoms with E-state index in [0.29, 0.717) is 23.9 Å². The molecule has 0 bridgehead atoms. The van der Waals surface area contributed by atoms with Crippen LogP contribution in [0.15, 0.2) is 22.8 Å². The Hall–Kier alpha value is -1.57. The second kappa shape index (κ2) is 10.5. The number of alkyl halides is 3. The topological polar surface area (TPSA) is 70.4 Å². The van der Waals surface area contributed by atoms with Gasteiger partial charge < -0.3 is 15.5 Å². The van der Waals surface area contributed by atoms with Gasteiger partial charge in [-0.2, -0.15) is 18.3 Å². The van der Waals surface area contributed by atoms with Crippen molar-refractivity contribution in [3.8, 4) is 0 Å². The zero-order valence-corrected chi connectivity index (χ0v) is 19.4. The van der Waals surface area contributed by atoms with Crippen LogP contribution < -0.4 is 15.5 Å². The van der Waals surface area contributed by atoms with Crippen LogP contribution in [0.4, 0.5) is 18.9 Å². The van der Waals surface area contributed by atoms with Crippen LogP contribution in [0, 0.1) is 0 Å². The van der Waals surface area contributed by atoms with E-state index in [-0.39, 0.29) is 30.0 Å². The molecule has 1 aliphatic heterocycles. The van der Waals surface area contributed by atoms with Gasteiger partial charge in [0.05, 0.1) is 16.9 Å². The molecule has 12 heteroatoms. The van der Waals surface area contributed by atoms with Gasteiger partial charge in [0, 0.05) is 57.8 Å². The summed E-state index contributed by atoms with van der Waals surface area (Å²) < 4.78 is 39.6. The maximum Gasteiger partial charge on any atom is 0.434 e. The number of hydrogen-bond donors (Lipinski definition) is 2. The molecule has 1 unspecified atom stereocenters. The fraction of sp³-hybridized carbons (Fsp3) is 0.588. The number of rotatable bonds is 5. The number of anilines is 1. The number of piperidine rings is 1. The van der Waals surface area contributed by atoms with E-state index >= 15 is 0 Å². The first kappa shape index (κ1) is 23.7. The highest BCUT2D eigenvalue weighted by atomic mass is 127. The lowest BCUT2D eigenvalue weighted by molar-refractivity contribution is -0.140. The van der Waals surface area contributed by atoms with Gasteiger partial charge in [0.1, 0.15) is 0 Å². The molecule has 1 saturated heterocycles. The van der Waals surface area contributed by atoms with Crippen LogP contribution in [0.3, 0.4) is 0 Å². The molecule has 1 fully saturated rings. The molecule has 2 aromatic rings. The summed E-state index contributed by atoms with van der Waals surface area (Å²) in [5.41, 5.74) is 0.272. The molecule has 0 radical (unpaired) electrons. The summed E-state index contributed by atoms with van der Waals surface area (Å²) in [5, 5.41) is 12.3. The van der Waals surface area contributed by atoms with Crippen molar-refractivity contribution in [1.82, 2.24) is 25.4 Å². The van der Waals surface area contributed by atoms with E-state index in [9.17, 15) is 13.2 Å². The van der Waals surface area contributed by atoms with Crippen molar-refractivity contribution in [2.45, 2.75) is 31.5 Å². The van der Waals surface area contributed by atoms with E-state index in [1.807, 2.05) is 19.4 Å². The largest absolute Gasteiger partial charge is 0.434 e. The maximum absolute atomic E-state index is 12.6. The molecule has 0 amide bonds. The first-order valence-corrected chi connectivity index (χ1v) is 9.95. The van der Waals surface area contributed by atoms with E-state index in [0.717, 1.165) is 48.3 Å². The number of halogens is 4. The van der Waals surface area contributed by atoms with Crippen molar-refractivity contribution in [2.75, 3.05) is 31.6 Å². The van der Waals surface area contributed by atoms with Gasteiger partial charge in [-0.25, -0.2) is 4.98 Å². The highest BCUT2D eigenvalue weighted by molar-refractivity contribution is 14.0. The average Bonchev–Trinajstić information content (AvgIpc) is 3.30. The summed E-state index contributed by atoms with van der Waals surface area (Å²) in [6, 6.07) is 0.233. The van der Waals surface area contributed by atoms with Crippen molar-refractivity contribution in [3.05, 3.63) is 28.5 Å². The third kappa shape index (κ3) is 6.73. The first-order valence-electron chi connectivity index (χ1n) is 9.07. The van der Waals surface area contributed by atoms with Crippen molar-refractivity contribution in [2.24, 2.45) is 12.0 Å². The quantitative estimate of drug-likeness (QED) is 0.345. The Morgan fingerprint density at radius 1 is 1.41 bits per heavy atom. The molecule has 0 saturated carbocycles. The second-order valence-electron chi connectivity index (χ2n) is 6.67. The Morgan fingerprint density at radius 2 is 2.21 bits per heavy atom. The van der Waals surface area contributed by atoms with Gasteiger partial charge in [-0.05, 0) is 12.8 Å². The number of hydrogen-bond acceptors (Lipinski definition) is 5. The van der Waals surface area contributed by atoms with Crippen molar-refractivity contribution in [3.63, 3.8) is 0 Å². The number of aromatic nitrogens is 3. The van der Waals surface area contributed by atoms with Crippen molar-refractivity contribution in [1.29, 1.82) is 0 Å². The van der Waals surface area contributed by atoms with Gasteiger partial charge in [0.2, 0.25) is 0 Å². The summed E-state index contributed by atoms with van der Waals surface area (Å²) in [4.78, 5) is 10.2. The summed E-state index contributed by atoms with van der Waals surface area (Å²) in [6.45, 7) is 2.29. The molecule has 1 atom stereocenters. The Balaban J connectivity index is 0.00000300. The smallest absolute Gasteiger partial charge is 0.367 e. The van der Waals surface area contributed by atoms with Crippen molar-refractivity contribution < 1.29 is 13.2 Å². The maximum atomic E-state index is 12.6. The third-order valence-corrected chi connectivity index (χ3v) is 5.42. The van der Waals surface area contributed by atoms with E-state index in [2.05, 4.69) is 30.6 Å². The highest BCUT2D eigenvalue weighted by Crippen LogP contribution is 2.30. The molecule has 2 N–H and O–H groups in total. The van der Waals surface area contributed by atoms with Gasteiger partial charge in [-0.3, -0.25) is 9.67 Å². The molecule has 0 aromatic carbocycles. The molecule has 3 heterocycles.